The Morgan fingerprint density at radius 2 is 1.76 bits per heavy atom. The standard InChI is InChI=1S/C29H29FN2O/c1-4-18-5-7-19(8-6-18)28(33)32-29(2,3)23-15-20-13-22(14-21(20)16-23)25-11-12-31-27-10-9-24(30)17-26(25)27/h1,5-12,17,20-23H,13-16H2,2-3H3,(H,32,33)/t20-,21+,22-,23+. The van der Waals surface area contributed by atoms with Gasteiger partial charge in [0.1, 0.15) is 5.82 Å². The van der Waals surface area contributed by atoms with E-state index in [1.165, 1.54) is 11.6 Å². The Labute approximate surface area is 194 Å². The van der Waals surface area contributed by atoms with Crippen molar-refractivity contribution < 1.29 is 9.18 Å². The highest BCUT2D eigenvalue weighted by Gasteiger charge is 2.47. The van der Waals surface area contributed by atoms with Gasteiger partial charge in [-0.2, -0.15) is 0 Å². The van der Waals surface area contributed by atoms with Crippen molar-refractivity contribution in [2.45, 2.75) is 51.0 Å². The molecule has 2 aliphatic rings. The predicted molar refractivity (Wildman–Crippen MR) is 129 cm³/mol. The smallest absolute Gasteiger partial charge is 0.251 e. The molecular weight excluding hydrogens is 411 g/mol. The van der Waals surface area contributed by atoms with Crippen LogP contribution in [-0.2, 0) is 0 Å². The van der Waals surface area contributed by atoms with E-state index >= 15 is 0 Å². The number of benzene rings is 2. The van der Waals surface area contributed by atoms with Gasteiger partial charge in [-0.1, -0.05) is 5.92 Å². The fourth-order valence-corrected chi connectivity index (χ4v) is 6.14. The van der Waals surface area contributed by atoms with Gasteiger partial charge in [0.05, 0.1) is 5.52 Å². The molecule has 168 valence electrons. The van der Waals surface area contributed by atoms with E-state index in [2.05, 4.69) is 36.1 Å². The Bertz CT molecular complexity index is 1230. The minimum absolute atomic E-state index is 0.0520. The molecule has 0 aliphatic heterocycles. The van der Waals surface area contributed by atoms with Gasteiger partial charge in [-0.15, -0.1) is 6.42 Å². The first kappa shape index (κ1) is 21.6. The second kappa shape index (κ2) is 8.30. The van der Waals surface area contributed by atoms with E-state index in [0.717, 1.165) is 42.1 Å². The number of nitrogens with zero attached hydrogens (tertiary/aromatic N) is 1. The molecule has 0 spiro atoms. The molecule has 2 fully saturated rings. The van der Waals surface area contributed by atoms with Crippen molar-refractivity contribution >= 4 is 16.8 Å². The summed E-state index contributed by atoms with van der Waals surface area (Å²) in [5.41, 5.74) is 3.22. The normalized spacial score (nSPS) is 24.4. The lowest BCUT2D eigenvalue weighted by Crippen LogP contribution is -2.48. The summed E-state index contributed by atoms with van der Waals surface area (Å²) in [5, 5.41) is 4.22. The zero-order chi connectivity index (χ0) is 23.2. The number of terminal acetylenes is 1. The Morgan fingerprint density at radius 3 is 2.42 bits per heavy atom. The number of amides is 1. The Morgan fingerprint density at radius 1 is 1.06 bits per heavy atom. The minimum atomic E-state index is -0.284. The number of rotatable bonds is 4. The molecular formula is C29H29FN2O. The Kier molecular flexibility index (Phi) is 5.44. The lowest BCUT2D eigenvalue weighted by Gasteiger charge is -2.34. The van der Waals surface area contributed by atoms with Crippen LogP contribution in [0.15, 0.2) is 54.7 Å². The molecule has 0 unspecified atom stereocenters. The number of carbonyl (C=O) groups excluding carboxylic acids is 1. The predicted octanol–water partition coefficient (Wildman–Crippen LogP) is 6.08. The molecule has 33 heavy (non-hydrogen) atoms. The summed E-state index contributed by atoms with van der Waals surface area (Å²) in [6.45, 7) is 4.28. The molecule has 3 aromatic rings. The Balaban J connectivity index is 1.26. The number of fused-ring (bicyclic) bond motifs is 2. The Hall–Kier alpha value is -3.19. The lowest BCUT2D eigenvalue weighted by atomic mass is 9.82. The first-order valence-corrected chi connectivity index (χ1v) is 11.8. The quantitative estimate of drug-likeness (QED) is 0.499. The highest BCUT2D eigenvalue weighted by molar-refractivity contribution is 5.94. The molecule has 1 heterocycles. The van der Waals surface area contributed by atoms with Gasteiger partial charge in [0, 0.05) is 28.2 Å². The van der Waals surface area contributed by atoms with Crippen molar-refractivity contribution in [3.63, 3.8) is 0 Å². The van der Waals surface area contributed by atoms with E-state index in [9.17, 15) is 9.18 Å². The lowest BCUT2D eigenvalue weighted by molar-refractivity contribution is 0.0877. The van der Waals surface area contributed by atoms with Crippen LogP contribution in [0.3, 0.4) is 0 Å². The van der Waals surface area contributed by atoms with E-state index in [1.807, 2.05) is 6.20 Å². The van der Waals surface area contributed by atoms with Gasteiger partial charge in [0.2, 0.25) is 0 Å². The third-order valence-electron chi connectivity index (χ3n) is 7.96. The van der Waals surface area contributed by atoms with Gasteiger partial charge in [-0.05, 0) is 117 Å². The molecule has 1 amide bonds. The summed E-state index contributed by atoms with van der Waals surface area (Å²) in [5.74, 6) is 4.49. The van der Waals surface area contributed by atoms with Gasteiger partial charge >= 0.3 is 0 Å². The van der Waals surface area contributed by atoms with Crippen LogP contribution in [0, 0.1) is 35.9 Å². The van der Waals surface area contributed by atoms with Crippen molar-refractivity contribution in [2.75, 3.05) is 0 Å². The maximum absolute atomic E-state index is 13.9. The van der Waals surface area contributed by atoms with Gasteiger partial charge < -0.3 is 5.32 Å². The minimum Gasteiger partial charge on any atom is -0.347 e. The van der Waals surface area contributed by atoms with Gasteiger partial charge in [-0.3, -0.25) is 9.78 Å². The topological polar surface area (TPSA) is 42.0 Å². The van der Waals surface area contributed by atoms with E-state index in [-0.39, 0.29) is 17.3 Å². The molecule has 0 radical (unpaired) electrons. The number of pyridine rings is 1. The van der Waals surface area contributed by atoms with Crippen molar-refractivity contribution in [1.82, 2.24) is 10.3 Å². The molecule has 4 heteroatoms. The largest absolute Gasteiger partial charge is 0.347 e. The molecule has 2 aromatic carbocycles. The molecule has 2 saturated carbocycles. The van der Waals surface area contributed by atoms with Crippen LogP contribution in [-0.4, -0.2) is 16.4 Å². The summed E-state index contributed by atoms with van der Waals surface area (Å²) in [6, 6.07) is 14.1. The average molecular weight is 441 g/mol. The molecule has 2 aliphatic carbocycles. The van der Waals surface area contributed by atoms with E-state index in [0.29, 0.717) is 29.2 Å². The molecule has 3 nitrogen and oxygen atoms in total. The fourth-order valence-electron chi connectivity index (χ4n) is 6.14. The monoisotopic (exact) mass is 440 g/mol. The highest BCUT2D eigenvalue weighted by atomic mass is 19.1. The maximum Gasteiger partial charge on any atom is 0.251 e. The van der Waals surface area contributed by atoms with Crippen molar-refractivity contribution in [2.24, 2.45) is 17.8 Å². The number of carbonyl (C=O) groups is 1. The number of aromatic nitrogens is 1. The average Bonchev–Trinajstić information content (AvgIpc) is 3.38. The summed E-state index contributed by atoms with van der Waals surface area (Å²) in [6.07, 6.45) is 11.7. The molecule has 4 atom stereocenters. The number of hydrogen-bond donors (Lipinski definition) is 1. The van der Waals surface area contributed by atoms with Crippen molar-refractivity contribution in [3.8, 4) is 12.3 Å². The zero-order valence-electron chi connectivity index (χ0n) is 19.1. The third kappa shape index (κ3) is 4.13. The zero-order valence-corrected chi connectivity index (χ0v) is 19.1. The van der Waals surface area contributed by atoms with Crippen LogP contribution in [0.4, 0.5) is 4.39 Å². The van der Waals surface area contributed by atoms with Crippen LogP contribution in [0.5, 0.6) is 0 Å². The summed E-state index contributed by atoms with van der Waals surface area (Å²) in [4.78, 5) is 17.3. The van der Waals surface area contributed by atoms with Crippen LogP contribution < -0.4 is 5.32 Å². The third-order valence-corrected chi connectivity index (χ3v) is 7.96. The summed E-state index contributed by atoms with van der Waals surface area (Å²) >= 11 is 0. The van der Waals surface area contributed by atoms with E-state index in [4.69, 9.17) is 6.42 Å². The highest BCUT2D eigenvalue weighted by Crippen LogP contribution is 2.55. The number of halogens is 1. The molecule has 1 N–H and O–H groups in total. The van der Waals surface area contributed by atoms with Crippen molar-refractivity contribution in [1.29, 1.82) is 0 Å². The van der Waals surface area contributed by atoms with Gasteiger partial charge in [0.15, 0.2) is 0 Å². The first-order valence-electron chi connectivity index (χ1n) is 11.8. The first-order chi connectivity index (χ1) is 15.8. The molecule has 1 aromatic heterocycles. The van der Waals surface area contributed by atoms with E-state index < -0.39 is 0 Å². The fraction of sp³-hybridized carbons (Fsp3) is 0.379. The molecule has 0 bridgehead atoms. The van der Waals surface area contributed by atoms with E-state index in [1.54, 1.807) is 36.4 Å². The number of hydrogen-bond acceptors (Lipinski definition) is 2. The van der Waals surface area contributed by atoms with Crippen LogP contribution in [0.25, 0.3) is 10.9 Å². The number of nitrogens with one attached hydrogen (secondary N) is 1. The summed E-state index contributed by atoms with van der Waals surface area (Å²) < 4.78 is 13.9. The van der Waals surface area contributed by atoms with Crippen LogP contribution >= 0.6 is 0 Å². The molecule has 5 rings (SSSR count). The second-order valence-corrected chi connectivity index (χ2v) is 10.3. The van der Waals surface area contributed by atoms with Gasteiger partial charge in [0.25, 0.3) is 5.91 Å². The SMILES string of the molecule is C#Cc1ccc(C(=O)NC(C)(C)[C@H]2C[C@H]3C[C@@H](c4ccnc5ccc(F)cc45)C[C@H]3C2)cc1. The van der Waals surface area contributed by atoms with Gasteiger partial charge in [-0.25, -0.2) is 4.39 Å². The molecule has 0 saturated heterocycles. The second-order valence-electron chi connectivity index (χ2n) is 10.3. The maximum atomic E-state index is 13.9. The summed E-state index contributed by atoms with van der Waals surface area (Å²) in [7, 11) is 0. The van der Waals surface area contributed by atoms with Crippen molar-refractivity contribution in [3.05, 3.63) is 77.2 Å². The van der Waals surface area contributed by atoms with Crippen LogP contribution in [0.1, 0.15) is 66.9 Å². The van der Waals surface area contributed by atoms with Crippen LogP contribution in [0.2, 0.25) is 0 Å².